The molecule has 0 aromatic carbocycles. The van der Waals surface area contributed by atoms with E-state index < -0.39 is 78.4 Å². The Hall–Kier alpha value is -2.52. The number of carbonyl (C=O) groups excluding carboxylic acids is 2. The van der Waals surface area contributed by atoms with Gasteiger partial charge in [-0.1, -0.05) is 158 Å². The number of allylic oxidation sites excluding steroid dienone is 8. The van der Waals surface area contributed by atoms with Crippen LogP contribution in [0.15, 0.2) is 72.9 Å². The molecular formula is C44H76O15P2. The van der Waals surface area contributed by atoms with Crippen LogP contribution in [-0.2, 0) is 41.8 Å². The van der Waals surface area contributed by atoms with E-state index in [2.05, 4.69) is 22.9 Å². The number of phosphoric ester groups is 2. The zero-order chi connectivity index (χ0) is 45.6. The summed E-state index contributed by atoms with van der Waals surface area (Å²) in [6, 6.07) is 0. The van der Waals surface area contributed by atoms with Gasteiger partial charge in [-0.3, -0.25) is 23.2 Å². The molecule has 0 radical (unpaired) electrons. The molecular weight excluding hydrogens is 830 g/mol. The number of hydrogen-bond donors (Lipinski definition) is 6. The lowest BCUT2D eigenvalue weighted by molar-refractivity contribution is -0.161. The molecule has 0 aliphatic heterocycles. The van der Waals surface area contributed by atoms with Crippen molar-refractivity contribution in [3.05, 3.63) is 72.9 Å². The second-order valence-corrected chi connectivity index (χ2v) is 17.8. The normalized spacial score (nSPS) is 15.8. The molecule has 0 heterocycles. The fourth-order valence-electron chi connectivity index (χ4n) is 5.39. The molecule has 1 unspecified atom stereocenters. The molecule has 0 aliphatic rings. The molecule has 0 rings (SSSR count). The van der Waals surface area contributed by atoms with Gasteiger partial charge in [-0.25, -0.2) is 9.13 Å². The van der Waals surface area contributed by atoms with Gasteiger partial charge in [0.15, 0.2) is 6.10 Å². The summed E-state index contributed by atoms with van der Waals surface area (Å²) in [5.74, 6) is -0.461. The van der Waals surface area contributed by atoms with Crippen LogP contribution >= 0.6 is 15.6 Å². The topological polar surface area (TPSA) is 236 Å². The van der Waals surface area contributed by atoms with Gasteiger partial charge in [0.05, 0.1) is 32.0 Å². The fourth-order valence-corrected chi connectivity index (χ4v) is 6.55. The molecule has 0 aromatic heterocycles. The molecule has 61 heavy (non-hydrogen) atoms. The van der Waals surface area contributed by atoms with E-state index in [0.29, 0.717) is 32.1 Å². The smallest absolute Gasteiger partial charge is 0.462 e. The van der Waals surface area contributed by atoms with Crippen LogP contribution in [0.2, 0.25) is 0 Å². The van der Waals surface area contributed by atoms with Crippen LogP contribution in [0.25, 0.3) is 0 Å². The van der Waals surface area contributed by atoms with E-state index in [0.717, 1.165) is 38.0 Å². The first-order valence-corrected chi connectivity index (χ1v) is 24.7. The lowest BCUT2D eigenvalue weighted by atomic mass is 10.0. The lowest BCUT2D eigenvalue weighted by Gasteiger charge is -2.20. The molecule has 0 saturated carbocycles. The molecule has 0 aliphatic carbocycles. The standard InChI is InChI=1S/C44H76O15P2/c1-4-5-20-28-39(45)29-22-16-12-10-13-17-23-30-40(46)31-24-19-26-33-44(49)59-42(37-58-61(53,54)57-35-41(47)34-56-60(50,51)52)36-55-43(48)32-25-18-14-9-7-6-8-11-15-21-27-38(2)3/h5,12-13,16-17,20,22-24,29-31,38-42,45-47H,4,6-11,14-15,18-19,21,25-28,32-37H2,1-3H3,(H,53,54)(H2,50,51,52)/b16-12-,17-13-,20-5-,29-22+,30-23+,31-24-/t39-,40-,41-,42+/m0/s1. The number of aliphatic hydroxyl groups is 3. The molecule has 0 aromatic rings. The summed E-state index contributed by atoms with van der Waals surface area (Å²) in [4.78, 5) is 52.7. The number of rotatable bonds is 39. The zero-order valence-electron chi connectivity index (χ0n) is 36.6. The van der Waals surface area contributed by atoms with E-state index in [-0.39, 0.29) is 12.8 Å². The summed E-state index contributed by atoms with van der Waals surface area (Å²) in [5.41, 5.74) is 0. The highest BCUT2D eigenvalue weighted by molar-refractivity contribution is 7.47. The Balaban J connectivity index is 4.79. The van der Waals surface area contributed by atoms with Crippen molar-refractivity contribution in [2.24, 2.45) is 5.92 Å². The summed E-state index contributed by atoms with van der Waals surface area (Å²) in [7, 11) is -9.75. The molecule has 0 amide bonds. The molecule has 0 saturated heterocycles. The minimum Gasteiger partial charge on any atom is -0.462 e. The predicted octanol–water partition coefficient (Wildman–Crippen LogP) is 8.80. The van der Waals surface area contributed by atoms with Crippen molar-refractivity contribution < 1.29 is 71.8 Å². The lowest BCUT2D eigenvalue weighted by Crippen LogP contribution is -2.29. The monoisotopic (exact) mass is 906 g/mol. The minimum absolute atomic E-state index is 0.0573. The fraction of sp³-hybridized carbons (Fsp3) is 0.682. The van der Waals surface area contributed by atoms with E-state index in [4.69, 9.17) is 23.8 Å². The van der Waals surface area contributed by atoms with Gasteiger partial charge >= 0.3 is 27.6 Å². The van der Waals surface area contributed by atoms with E-state index in [1.54, 1.807) is 42.5 Å². The van der Waals surface area contributed by atoms with Crippen LogP contribution < -0.4 is 0 Å². The SMILES string of the molecule is CC/C=C\C[C@H](O)/C=C/C=C\C/C=C\C=C\[C@H](O)/C=C\CCCC(=O)O[C@H](COC(=O)CCCCCCCCCCCCC(C)C)COP(=O)(O)OC[C@@H](O)COP(=O)(O)O. The summed E-state index contributed by atoms with van der Waals surface area (Å²) >= 11 is 0. The average Bonchev–Trinajstić information content (AvgIpc) is 3.19. The Bertz CT molecular complexity index is 1400. The molecule has 6 N–H and O–H groups in total. The van der Waals surface area contributed by atoms with Gasteiger partial charge in [-0.2, -0.15) is 0 Å². The third kappa shape index (κ3) is 42.6. The van der Waals surface area contributed by atoms with Crippen LogP contribution in [0.4, 0.5) is 0 Å². The van der Waals surface area contributed by atoms with Crippen LogP contribution in [0.3, 0.4) is 0 Å². The van der Waals surface area contributed by atoms with Crippen molar-refractivity contribution in [2.45, 2.75) is 161 Å². The van der Waals surface area contributed by atoms with Crippen molar-refractivity contribution >= 4 is 27.6 Å². The first kappa shape index (κ1) is 58.5. The zero-order valence-corrected chi connectivity index (χ0v) is 38.4. The number of esters is 2. The highest BCUT2D eigenvalue weighted by Crippen LogP contribution is 2.43. The van der Waals surface area contributed by atoms with Gasteiger partial charge in [0, 0.05) is 12.8 Å². The molecule has 0 fully saturated rings. The quantitative estimate of drug-likeness (QED) is 0.0111. The van der Waals surface area contributed by atoms with E-state index >= 15 is 0 Å². The number of hydrogen-bond acceptors (Lipinski definition) is 12. The largest absolute Gasteiger partial charge is 0.472 e. The highest BCUT2D eigenvalue weighted by Gasteiger charge is 2.28. The number of unbranched alkanes of at least 4 members (excludes halogenated alkanes) is 10. The Morgan fingerprint density at radius 2 is 1.18 bits per heavy atom. The predicted molar refractivity (Wildman–Crippen MR) is 237 cm³/mol. The second-order valence-electron chi connectivity index (χ2n) is 15.1. The van der Waals surface area contributed by atoms with Crippen LogP contribution in [-0.4, -0.2) is 92.8 Å². The Morgan fingerprint density at radius 3 is 1.80 bits per heavy atom. The van der Waals surface area contributed by atoms with Crippen LogP contribution in [0.1, 0.15) is 136 Å². The van der Waals surface area contributed by atoms with E-state index in [9.17, 15) is 38.9 Å². The van der Waals surface area contributed by atoms with Gasteiger partial charge in [-0.05, 0) is 44.4 Å². The van der Waals surface area contributed by atoms with Gasteiger partial charge in [-0.15, -0.1) is 0 Å². The third-order valence-electron chi connectivity index (χ3n) is 8.70. The molecule has 5 atom stereocenters. The summed E-state index contributed by atoms with van der Waals surface area (Å²) < 4.78 is 47.6. The number of aliphatic hydroxyl groups excluding tert-OH is 3. The van der Waals surface area contributed by atoms with E-state index in [1.807, 2.05) is 37.3 Å². The third-order valence-corrected chi connectivity index (χ3v) is 10.1. The number of ether oxygens (including phenoxy) is 2. The molecule has 352 valence electrons. The van der Waals surface area contributed by atoms with Crippen molar-refractivity contribution in [1.82, 2.24) is 0 Å². The first-order valence-electron chi connectivity index (χ1n) is 21.7. The van der Waals surface area contributed by atoms with Crippen LogP contribution in [0, 0.1) is 5.92 Å². The summed E-state index contributed by atoms with van der Waals surface area (Å²) in [5, 5.41) is 29.8. The van der Waals surface area contributed by atoms with Crippen molar-refractivity contribution in [1.29, 1.82) is 0 Å². The van der Waals surface area contributed by atoms with E-state index in [1.165, 1.54) is 38.5 Å². The highest BCUT2D eigenvalue weighted by atomic mass is 31.2. The maximum Gasteiger partial charge on any atom is 0.472 e. The van der Waals surface area contributed by atoms with Crippen molar-refractivity contribution in [2.75, 3.05) is 26.4 Å². The van der Waals surface area contributed by atoms with Gasteiger partial charge in [0.25, 0.3) is 0 Å². The summed E-state index contributed by atoms with van der Waals surface area (Å²) in [6.45, 7) is 3.62. The Kier molecular flexibility index (Phi) is 36.4. The maximum absolute atomic E-state index is 12.7. The molecule has 15 nitrogen and oxygen atoms in total. The summed E-state index contributed by atoms with van der Waals surface area (Å²) in [6.07, 6.45) is 32.7. The molecule has 17 heteroatoms. The molecule has 0 spiro atoms. The van der Waals surface area contributed by atoms with Gasteiger partial charge in [0.1, 0.15) is 12.7 Å². The van der Waals surface area contributed by atoms with Crippen LogP contribution in [0.5, 0.6) is 0 Å². The van der Waals surface area contributed by atoms with Gasteiger partial charge < -0.3 is 39.5 Å². The molecule has 0 bridgehead atoms. The minimum atomic E-state index is -4.89. The Morgan fingerprint density at radius 1 is 0.607 bits per heavy atom. The number of phosphoric acid groups is 2. The van der Waals surface area contributed by atoms with Gasteiger partial charge in [0.2, 0.25) is 0 Å². The second kappa shape index (κ2) is 38.0. The number of carbonyl (C=O) groups is 2. The maximum atomic E-state index is 12.7. The van der Waals surface area contributed by atoms with Crippen molar-refractivity contribution in [3.8, 4) is 0 Å². The van der Waals surface area contributed by atoms with Crippen molar-refractivity contribution in [3.63, 3.8) is 0 Å². The Labute approximate surface area is 364 Å². The average molecular weight is 907 g/mol. The first-order chi connectivity index (χ1) is 29.0.